The molecule has 0 spiro atoms. The van der Waals surface area contributed by atoms with Gasteiger partial charge < -0.3 is 125 Å². The Bertz CT molecular complexity index is 4740. The number of rotatable bonds is 33. The van der Waals surface area contributed by atoms with Gasteiger partial charge in [0.05, 0.1) is 80.1 Å². The summed E-state index contributed by atoms with van der Waals surface area (Å²) in [5.41, 5.74) is 1.66. The minimum absolute atomic E-state index is 0.0359. The zero-order valence-corrected chi connectivity index (χ0v) is 81.7. The Kier molecular flexibility index (Phi) is 45.6. The third kappa shape index (κ3) is 45.5. The molecule has 7 saturated heterocycles. The van der Waals surface area contributed by atoms with E-state index in [2.05, 4.69) is 0 Å². The molecule has 0 amide bonds. The Morgan fingerprint density at radius 3 is 0.826 bits per heavy atom. The molecule has 4 unspecified atom stereocenters. The summed E-state index contributed by atoms with van der Waals surface area (Å²) in [7, 11) is -29.3. The monoisotopic (exact) mass is 2040 g/mol. The standard InChI is InChI=1S/C16H22FO5P.C16H22FO4P.C15H20FO5P.C10H18FO5P.C10H18FO4P.2C9H16FO5P/c1-11(2)21-16-13(8-9-23(19,20)10-18)22-15(14(16)17)12-6-4-3-5-7-12;1-11(2)20-16-13(9-10-22(3,18)19)21-15(14(16)17)12-7-5-4-6-8-12;1-10(2)20-15-12(8-9-22(17,18)19)21-14(13(15)16)11-6-4-3-5-7-11;1-7(2)16-10-8(11)5-15-9(10)3-4-17(13,14)6-12;1-7(2)15-10-8(11)6-14-9(10)4-5-16(3,12)13;2*1-6(2)15-9-7(10)5-14-8(9)3-4-16(11,12)13/h3-9,11,13-16,18H,10H2,1-2H3,(H,19,20);4-11,13-16H,1-3H3,(H,18,19);3-10,12-15H,1-2H3,(H2,17,18,19);3-4,7-10,12H,5-6H2,1-2H3,(H,13,14);4-5,7-10H,6H2,1-3H3,(H,12,13);2*3-4,6-9H,5H2,1-2H3,(H2,11,12,13)/b9-8+;10-9+;9-8+;4-3+;5-4+;2*4-3+/t2*13-,14+,15+,16-;12-,13+,14+,15-;2*8-,9+,10-;2*7-,8+,9-/m1110000/s1/i8D,9D;9D,10D;8D,9D;;;3D,4D;. The van der Waals surface area contributed by atoms with Gasteiger partial charge in [-0.3, -0.25) is 32.0 Å². The van der Waals surface area contributed by atoms with Crippen molar-refractivity contribution in [2.45, 2.75) is 287 Å². The van der Waals surface area contributed by atoms with Crippen molar-refractivity contribution in [1.29, 1.82) is 0 Å². The topological polar surface area (TPSA) is 491 Å². The van der Waals surface area contributed by atoms with Crippen molar-refractivity contribution in [2.75, 3.05) is 52.5 Å². The second kappa shape index (κ2) is 56.4. The highest BCUT2D eigenvalue weighted by molar-refractivity contribution is 7.61. The molecule has 7 fully saturated rings. The number of aliphatic hydroxyl groups is 2. The summed E-state index contributed by atoms with van der Waals surface area (Å²) in [6.45, 7) is 25.8. The molecule has 0 radical (unpaired) electrons. The third-order valence-electron chi connectivity index (χ3n) is 17.9. The van der Waals surface area contributed by atoms with E-state index < -0.39 is 259 Å². The van der Waals surface area contributed by atoms with E-state index in [4.69, 9.17) is 127 Å². The van der Waals surface area contributed by atoms with E-state index in [0.717, 1.165) is 24.4 Å². The van der Waals surface area contributed by atoms with Crippen LogP contribution in [0.2, 0.25) is 0 Å². The average Bonchev–Trinajstić information content (AvgIpc) is 1.64. The molecule has 3 aromatic rings. The van der Waals surface area contributed by atoms with Crippen molar-refractivity contribution in [3.63, 3.8) is 0 Å². The maximum atomic E-state index is 15.0. The molecule has 47 heteroatoms. The Hall–Kier alpha value is -4.08. The first kappa shape index (κ1) is 107. The van der Waals surface area contributed by atoms with E-state index in [0.29, 0.717) is 22.5 Å². The number of benzene rings is 3. The van der Waals surface area contributed by atoms with Gasteiger partial charge in [-0.05, 0) is 168 Å². The van der Waals surface area contributed by atoms with Crippen LogP contribution in [0.5, 0.6) is 0 Å². The van der Waals surface area contributed by atoms with Crippen molar-refractivity contribution in [3.05, 3.63) is 191 Å². The van der Waals surface area contributed by atoms with Crippen molar-refractivity contribution in [2.24, 2.45) is 0 Å². The van der Waals surface area contributed by atoms with Gasteiger partial charge in [0, 0.05) is 42.3 Å². The highest BCUT2D eigenvalue weighted by Crippen LogP contribution is 2.48. The Labute approximate surface area is 778 Å². The number of alkyl halides is 7. The summed E-state index contributed by atoms with van der Waals surface area (Å²) in [5, 5.41) is 17.6. The van der Waals surface area contributed by atoms with Crippen molar-refractivity contribution in [1.82, 2.24) is 0 Å². The SMILES string of the molecule is CC(C)O[C@H]1[C@@H](F)CO[C@@H]1/C=C/P(=O)(O)CO.CC(C)O[C@H]1[C@@H](F)CO[C@@H]1/C=C/P(=O)(O)O.CC(C)O[C@H]1[C@@H](F)CO[C@@H]1/C=C/P(C)(=O)O.[2H]/C(=C(/[2H])P(=O)(O)CO)[C@H]1O[C@@H](c2ccccc2)[C@H](F)[C@@H]1OC(C)C.[2H]/C(=C(/[2H])P(=O)(O)O)[C@H]1OC[C@H](F)[C@@H]1OC(C)C.[2H]/C(=C(/[2H])P(=O)(O)O)[C@H]1O[C@@H](c2ccccc2)[C@H](F)[C@@H]1OC(C)C.[2H]/C(=C(/[2H])P(C)(=O)O)[C@H]1O[C@@H](c2ccccc2)[C@H](F)[C@@H]1OC(C)C. The van der Waals surface area contributed by atoms with E-state index >= 15 is 0 Å². The molecule has 754 valence electrons. The van der Waals surface area contributed by atoms with Gasteiger partial charge in [-0.2, -0.15) is 0 Å². The molecule has 7 aliphatic rings. The fraction of sp³-hybridized carbons (Fsp3) is 0.624. The van der Waals surface area contributed by atoms with Gasteiger partial charge >= 0.3 is 22.8 Å². The quantitative estimate of drug-likeness (QED) is 0.0199. The minimum Gasteiger partial charge on any atom is -0.386 e. The van der Waals surface area contributed by atoms with Crippen molar-refractivity contribution >= 4 is 52.3 Å². The second-order valence-corrected chi connectivity index (χ2v) is 44.8. The Morgan fingerprint density at radius 2 is 0.568 bits per heavy atom. The first-order valence-corrected chi connectivity index (χ1v) is 54.5. The van der Waals surface area contributed by atoms with Crippen LogP contribution in [-0.2, 0) is 98.3 Å². The zero-order valence-electron chi connectivity index (χ0n) is 83.5. The van der Waals surface area contributed by atoms with Crippen LogP contribution < -0.4 is 0 Å². The second-order valence-electron chi connectivity index (χ2n) is 32.5. The van der Waals surface area contributed by atoms with Gasteiger partial charge in [0.1, 0.15) is 116 Å². The van der Waals surface area contributed by atoms with Gasteiger partial charge in [-0.25, -0.2) is 30.7 Å². The van der Waals surface area contributed by atoms with Crippen LogP contribution in [0.1, 0.15) is 143 Å². The number of halogens is 7. The number of hydrogen-bond acceptors (Lipinski definition) is 23. The maximum Gasteiger partial charge on any atom is 0.348 e. The van der Waals surface area contributed by atoms with Gasteiger partial charge in [0.15, 0.2) is 43.2 Å². The number of hydrogen-bond donors (Lipinski definition) is 12. The lowest BCUT2D eigenvalue weighted by Gasteiger charge is -2.20. The smallest absolute Gasteiger partial charge is 0.348 e. The highest BCUT2D eigenvalue weighted by atomic mass is 31.2. The van der Waals surface area contributed by atoms with Gasteiger partial charge in [-0.15, -0.1) is 0 Å². The lowest BCUT2D eigenvalue weighted by atomic mass is 10.0. The maximum absolute atomic E-state index is 15.0. The molecule has 132 heavy (non-hydrogen) atoms. The normalized spacial score (nSPS) is 33.3. The van der Waals surface area contributed by atoms with E-state index in [1.165, 1.54) is 18.8 Å². The lowest BCUT2D eigenvalue weighted by molar-refractivity contribution is -0.0388. The summed E-state index contributed by atoms with van der Waals surface area (Å²) in [6.07, 6.45) is -27.1. The molecule has 10 rings (SSSR count). The molecule has 33 nitrogen and oxygen atoms in total. The van der Waals surface area contributed by atoms with Crippen molar-refractivity contribution < 1.29 is 199 Å². The summed E-state index contributed by atoms with van der Waals surface area (Å²) < 4.78 is 313. The number of aliphatic hydroxyl groups excluding tert-OH is 2. The molecule has 3 aromatic carbocycles. The first-order chi connectivity index (χ1) is 64.5. The van der Waals surface area contributed by atoms with E-state index in [-0.39, 0.29) is 69.2 Å². The predicted octanol–water partition coefficient (Wildman–Crippen LogP) is 15.2. The Morgan fingerprint density at radius 1 is 0.326 bits per heavy atom. The molecule has 0 aliphatic carbocycles. The first-order valence-electron chi connectivity index (χ1n) is 45.6. The molecular weight excluding hydrogens is 1900 g/mol. The largest absolute Gasteiger partial charge is 0.386 e. The summed E-state index contributed by atoms with van der Waals surface area (Å²) in [6, 6.07) is 23.1. The van der Waals surface area contributed by atoms with Crippen LogP contribution in [-0.4, -0.2) is 283 Å². The van der Waals surface area contributed by atoms with E-state index in [9.17, 15) is 72.5 Å². The molecule has 28 atom stereocenters. The highest BCUT2D eigenvalue weighted by Gasteiger charge is 2.50. The summed E-state index contributed by atoms with van der Waals surface area (Å²) in [5.74, 6) is -1.22. The van der Waals surface area contributed by atoms with E-state index in [1.54, 1.807) is 174 Å². The minimum atomic E-state index is -4.94. The molecule has 0 aromatic heterocycles. The molecule has 12 N–H and O–H groups in total. The van der Waals surface area contributed by atoms with Crippen LogP contribution in [0.15, 0.2) is 174 Å². The van der Waals surface area contributed by atoms with Crippen LogP contribution in [0.4, 0.5) is 30.7 Å². The molecule has 7 heterocycles. The van der Waals surface area contributed by atoms with Crippen LogP contribution in [0, 0.1) is 0 Å². The summed E-state index contributed by atoms with van der Waals surface area (Å²) >= 11 is 0. The van der Waals surface area contributed by atoms with Crippen LogP contribution in [0.3, 0.4) is 0 Å². The fourth-order valence-electron chi connectivity index (χ4n) is 12.7. The van der Waals surface area contributed by atoms with E-state index in [1.807, 2.05) is 13.8 Å². The summed E-state index contributed by atoms with van der Waals surface area (Å²) in [4.78, 5) is 90.4. The Balaban J connectivity index is 0.000000343. The predicted molar refractivity (Wildman–Crippen MR) is 481 cm³/mol. The number of ether oxygens (including phenoxy) is 14. The van der Waals surface area contributed by atoms with Gasteiger partial charge in [0.25, 0.3) is 0 Å². The third-order valence-corrected chi connectivity index (χ3v) is 22.4. The van der Waals surface area contributed by atoms with Gasteiger partial charge in [-0.1, -0.05) is 91.0 Å². The van der Waals surface area contributed by atoms with Crippen molar-refractivity contribution in [3.8, 4) is 0 Å². The molecule has 0 bridgehead atoms. The van der Waals surface area contributed by atoms with Gasteiger partial charge in [0.2, 0.25) is 29.5 Å². The zero-order chi connectivity index (χ0) is 107. The van der Waals surface area contributed by atoms with Crippen LogP contribution in [0.25, 0.3) is 0 Å². The molecule has 0 saturated carbocycles. The molecular formula is C85H132F7O33P7. The lowest BCUT2D eigenvalue weighted by Crippen LogP contribution is -2.32. The fourth-order valence-corrected chi connectivity index (χ4v) is 15.4. The molecule has 7 aliphatic heterocycles. The average molecular weight is 2040 g/mol. The van der Waals surface area contributed by atoms with Crippen LogP contribution >= 0.6 is 52.3 Å².